The number of hydrogen-bond acceptors (Lipinski definition) is 1. The molecule has 1 aromatic heterocycles. The Morgan fingerprint density at radius 1 is 0.607 bits per heavy atom. The second-order valence-corrected chi connectivity index (χ2v) is 8.51. The van der Waals surface area contributed by atoms with Gasteiger partial charge < -0.3 is 9.13 Å². The monoisotopic (exact) mass is 497 g/mol. The smallest absolute Gasteiger partial charge is 0.203 e. The highest BCUT2D eigenvalue weighted by molar-refractivity contribution is 9.10. The average molecular weight is 499 g/mol. The van der Waals surface area contributed by atoms with Gasteiger partial charge in [0.05, 0.1) is 11.0 Å². The van der Waals surface area contributed by atoms with E-state index in [4.69, 9.17) is 5.41 Å². The average Bonchev–Trinajstić information content (AvgIpc) is 2.98. The SMILES string of the molecule is N=c1n(CCc2ccccc2Br)c2ccccc2n1CCc1ccccc1Br. The summed E-state index contributed by atoms with van der Waals surface area (Å²) in [6.07, 6.45) is 1.77. The van der Waals surface area contributed by atoms with E-state index in [9.17, 15) is 0 Å². The van der Waals surface area contributed by atoms with Crippen LogP contribution in [0.25, 0.3) is 11.0 Å². The maximum absolute atomic E-state index is 8.82. The summed E-state index contributed by atoms with van der Waals surface area (Å²) in [7, 11) is 0. The van der Waals surface area contributed by atoms with Crippen LogP contribution in [0.1, 0.15) is 11.1 Å². The molecule has 0 aliphatic heterocycles. The fraction of sp³-hybridized carbons (Fsp3) is 0.174. The van der Waals surface area contributed by atoms with Gasteiger partial charge in [0.1, 0.15) is 0 Å². The van der Waals surface area contributed by atoms with Crippen LogP contribution in [0.3, 0.4) is 0 Å². The third-order valence-corrected chi connectivity index (χ3v) is 6.65. The highest BCUT2D eigenvalue weighted by Gasteiger charge is 2.11. The van der Waals surface area contributed by atoms with Crippen LogP contribution in [0.5, 0.6) is 0 Å². The lowest BCUT2D eigenvalue weighted by molar-refractivity contribution is 0.594. The quantitative estimate of drug-likeness (QED) is 0.341. The third kappa shape index (κ3) is 3.87. The van der Waals surface area contributed by atoms with Gasteiger partial charge in [0.25, 0.3) is 0 Å². The van der Waals surface area contributed by atoms with Crippen molar-refractivity contribution in [1.82, 2.24) is 9.13 Å². The van der Waals surface area contributed by atoms with E-state index in [1.165, 1.54) is 11.1 Å². The van der Waals surface area contributed by atoms with E-state index in [2.05, 4.69) is 102 Å². The predicted molar refractivity (Wildman–Crippen MR) is 121 cm³/mol. The first-order valence-electron chi connectivity index (χ1n) is 9.34. The summed E-state index contributed by atoms with van der Waals surface area (Å²) in [5.41, 5.74) is 5.32. The lowest BCUT2D eigenvalue weighted by Gasteiger charge is -2.08. The Balaban J connectivity index is 1.65. The number of nitrogens with zero attached hydrogens (tertiary/aromatic N) is 2. The van der Waals surface area contributed by atoms with E-state index in [0.29, 0.717) is 5.62 Å². The number of benzene rings is 3. The Hall–Kier alpha value is -2.11. The van der Waals surface area contributed by atoms with E-state index in [0.717, 1.165) is 45.9 Å². The molecule has 0 saturated heterocycles. The molecule has 5 heteroatoms. The topological polar surface area (TPSA) is 33.7 Å². The molecule has 0 aliphatic carbocycles. The highest BCUT2D eigenvalue weighted by Crippen LogP contribution is 2.20. The van der Waals surface area contributed by atoms with Crippen LogP contribution in [0.4, 0.5) is 0 Å². The maximum Gasteiger partial charge on any atom is 0.203 e. The Labute approximate surface area is 181 Å². The van der Waals surface area contributed by atoms with Crippen molar-refractivity contribution in [3.63, 3.8) is 0 Å². The van der Waals surface area contributed by atoms with Gasteiger partial charge in [-0.25, -0.2) is 0 Å². The molecule has 0 radical (unpaired) electrons. The van der Waals surface area contributed by atoms with Crippen molar-refractivity contribution >= 4 is 42.9 Å². The summed E-state index contributed by atoms with van der Waals surface area (Å²) >= 11 is 7.27. The van der Waals surface area contributed by atoms with Crippen molar-refractivity contribution in [3.05, 3.63) is 98.5 Å². The van der Waals surface area contributed by atoms with Gasteiger partial charge in [-0.05, 0) is 48.2 Å². The van der Waals surface area contributed by atoms with E-state index in [1.54, 1.807) is 0 Å². The van der Waals surface area contributed by atoms with E-state index < -0.39 is 0 Å². The van der Waals surface area contributed by atoms with Crippen LogP contribution in [-0.2, 0) is 25.9 Å². The molecule has 0 spiro atoms. The molecule has 0 bridgehead atoms. The fourth-order valence-electron chi connectivity index (χ4n) is 3.61. The van der Waals surface area contributed by atoms with E-state index >= 15 is 0 Å². The number of imidazole rings is 1. The molecule has 3 aromatic carbocycles. The van der Waals surface area contributed by atoms with Crippen LogP contribution in [0, 0.1) is 5.41 Å². The number of aromatic nitrogens is 2. The number of hydrogen-bond donors (Lipinski definition) is 1. The van der Waals surface area contributed by atoms with Crippen LogP contribution in [0.15, 0.2) is 81.7 Å². The third-order valence-electron chi connectivity index (χ3n) is 5.10. The minimum atomic E-state index is 0.556. The number of fused-ring (bicyclic) bond motifs is 1. The van der Waals surface area contributed by atoms with Crippen LogP contribution in [-0.4, -0.2) is 9.13 Å². The molecule has 4 aromatic rings. The molecule has 1 heterocycles. The van der Waals surface area contributed by atoms with Gasteiger partial charge in [-0.1, -0.05) is 80.4 Å². The zero-order valence-corrected chi connectivity index (χ0v) is 18.6. The van der Waals surface area contributed by atoms with Gasteiger partial charge in [-0.2, -0.15) is 0 Å². The molecule has 0 amide bonds. The second-order valence-electron chi connectivity index (χ2n) is 6.80. The van der Waals surface area contributed by atoms with Gasteiger partial charge in [-0.15, -0.1) is 0 Å². The lowest BCUT2D eigenvalue weighted by atomic mass is 10.1. The molecule has 3 nitrogen and oxygen atoms in total. The summed E-state index contributed by atoms with van der Waals surface area (Å²) < 4.78 is 6.49. The maximum atomic E-state index is 8.82. The van der Waals surface area contributed by atoms with Crippen LogP contribution < -0.4 is 5.62 Å². The summed E-state index contributed by atoms with van der Waals surface area (Å²) in [5, 5.41) is 8.82. The molecule has 28 heavy (non-hydrogen) atoms. The largest absolute Gasteiger partial charge is 0.310 e. The molecule has 0 unspecified atom stereocenters. The molecule has 0 atom stereocenters. The van der Waals surface area contributed by atoms with Crippen LogP contribution >= 0.6 is 31.9 Å². The molecule has 1 N–H and O–H groups in total. The standard InChI is InChI=1S/C23H21Br2N3/c24-19-9-3-1-7-17(19)13-15-27-21-11-5-6-12-22(21)28(23(27)26)16-14-18-8-2-4-10-20(18)25/h1-12,26H,13-16H2. The number of halogens is 2. The Kier molecular flexibility index (Phi) is 5.83. The first kappa shape index (κ1) is 19.2. The molecule has 0 fully saturated rings. The number of rotatable bonds is 6. The summed E-state index contributed by atoms with van der Waals surface area (Å²) in [6, 6.07) is 24.9. The van der Waals surface area contributed by atoms with Crippen molar-refractivity contribution in [3.8, 4) is 0 Å². The van der Waals surface area contributed by atoms with Gasteiger partial charge in [0, 0.05) is 22.0 Å². The summed E-state index contributed by atoms with van der Waals surface area (Å²) in [6.45, 7) is 1.56. The molecule has 4 rings (SSSR count). The zero-order chi connectivity index (χ0) is 19.5. The van der Waals surface area contributed by atoms with Gasteiger partial charge in [-0.3, -0.25) is 5.41 Å². The van der Waals surface area contributed by atoms with Gasteiger partial charge in [0.15, 0.2) is 0 Å². The molecular weight excluding hydrogens is 478 g/mol. The summed E-state index contributed by atoms with van der Waals surface area (Å²) in [4.78, 5) is 0. The Morgan fingerprint density at radius 3 is 1.43 bits per heavy atom. The zero-order valence-electron chi connectivity index (χ0n) is 15.4. The minimum absolute atomic E-state index is 0.556. The molecular formula is C23H21Br2N3. The minimum Gasteiger partial charge on any atom is -0.310 e. The molecule has 142 valence electrons. The van der Waals surface area contributed by atoms with Crippen molar-refractivity contribution in [2.45, 2.75) is 25.9 Å². The number of para-hydroxylation sites is 2. The normalized spacial score (nSPS) is 11.2. The Bertz CT molecular complexity index is 1080. The molecule has 0 saturated carbocycles. The number of aryl methyl sites for hydroxylation is 4. The predicted octanol–water partition coefficient (Wildman–Crippen LogP) is 5.93. The second kappa shape index (κ2) is 8.50. The van der Waals surface area contributed by atoms with E-state index in [1.807, 2.05) is 12.1 Å². The van der Waals surface area contributed by atoms with Crippen molar-refractivity contribution in [2.24, 2.45) is 0 Å². The molecule has 0 aliphatic rings. The summed E-state index contributed by atoms with van der Waals surface area (Å²) in [5.74, 6) is 0. The highest BCUT2D eigenvalue weighted by atomic mass is 79.9. The van der Waals surface area contributed by atoms with Crippen LogP contribution in [0.2, 0.25) is 0 Å². The lowest BCUT2D eigenvalue weighted by Crippen LogP contribution is -2.26. The first-order chi connectivity index (χ1) is 13.6. The first-order valence-corrected chi connectivity index (χ1v) is 10.9. The fourth-order valence-corrected chi connectivity index (χ4v) is 4.58. The van der Waals surface area contributed by atoms with Crippen molar-refractivity contribution < 1.29 is 0 Å². The van der Waals surface area contributed by atoms with Crippen molar-refractivity contribution in [2.75, 3.05) is 0 Å². The van der Waals surface area contributed by atoms with Crippen molar-refractivity contribution in [1.29, 1.82) is 5.41 Å². The van der Waals surface area contributed by atoms with Gasteiger partial charge in [0.2, 0.25) is 5.62 Å². The van der Waals surface area contributed by atoms with E-state index in [-0.39, 0.29) is 0 Å². The number of nitrogens with one attached hydrogen (secondary N) is 1. The Morgan fingerprint density at radius 2 is 1.00 bits per heavy atom. The van der Waals surface area contributed by atoms with Gasteiger partial charge >= 0.3 is 0 Å².